The predicted octanol–water partition coefficient (Wildman–Crippen LogP) is 3.06. The van der Waals surface area contributed by atoms with Crippen LogP contribution in [-0.2, 0) is 4.79 Å². The molecule has 1 aromatic carbocycles. The van der Waals surface area contributed by atoms with Crippen LogP contribution >= 0.6 is 11.6 Å². The van der Waals surface area contributed by atoms with Crippen LogP contribution in [0.3, 0.4) is 0 Å². The second kappa shape index (κ2) is 6.75. The number of rotatable bonds is 4. The van der Waals surface area contributed by atoms with Crippen molar-refractivity contribution < 1.29 is 14.7 Å². The van der Waals surface area contributed by atoms with Crippen molar-refractivity contribution in [2.75, 3.05) is 13.1 Å². The zero-order chi connectivity index (χ0) is 14.5. The van der Waals surface area contributed by atoms with Crippen molar-refractivity contribution in [3.05, 3.63) is 34.9 Å². The first-order valence-electron chi connectivity index (χ1n) is 6.83. The smallest absolute Gasteiger partial charge is 0.303 e. The van der Waals surface area contributed by atoms with E-state index in [9.17, 15) is 9.59 Å². The van der Waals surface area contributed by atoms with Gasteiger partial charge in [0.15, 0.2) is 0 Å². The lowest BCUT2D eigenvalue weighted by molar-refractivity contribution is -0.137. The quantitative estimate of drug-likeness (QED) is 0.929. The van der Waals surface area contributed by atoms with Gasteiger partial charge in [0.05, 0.1) is 10.6 Å². The maximum Gasteiger partial charge on any atom is 0.303 e. The molecule has 0 radical (unpaired) electrons. The van der Waals surface area contributed by atoms with Crippen LogP contribution in [0.2, 0.25) is 5.02 Å². The monoisotopic (exact) mass is 295 g/mol. The van der Waals surface area contributed by atoms with Crippen LogP contribution in [0.4, 0.5) is 0 Å². The van der Waals surface area contributed by atoms with Gasteiger partial charge in [0.25, 0.3) is 5.91 Å². The number of aliphatic carboxylic acids is 1. The molecule has 0 unspecified atom stereocenters. The number of halogens is 1. The van der Waals surface area contributed by atoms with Gasteiger partial charge in [0, 0.05) is 19.5 Å². The summed E-state index contributed by atoms with van der Waals surface area (Å²) in [5.74, 6) is -0.381. The fourth-order valence-electron chi connectivity index (χ4n) is 2.56. The van der Waals surface area contributed by atoms with Gasteiger partial charge in [-0.3, -0.25) is 9.59 Å². The minimum Gasteiger partial charge on any atom is -0.481 e. The molecule has 108 valence electrons. The van der Waals surface area contributed by atoms with Gasteiger partial charge < -0.3 is 10.0 Å². The summed E-state index contributed by atoms with van der Waals surface area (Å²) < 4.78 is 0. The molecule has 0 atom stereocenters. The number of amides is 1. The van der Waals surface area contributed by atoms with Gasteiger partial charge in [-0.25, -0.2) is 0 Å². The van der Waals surface area contributed by atoms with Crippen LogP contribution < -0.4 is 0 Å². The number of nitrogens with zero attached hydrogens (tertiary/aromatic N) is 1. The molecule has 1 aliphatic rings. The van der Waals surface area contributed by atoms with Crippen LogP contribution in [0.5, 0.6) is 0 Å². The predicted molar refractivity (Wildman–Crippen MR) is 76.9 cm³/mol. The van der Waals surface area contributed by atoms with Crippen LogP contribution in [-0.4, -0.2) is 35.0 Å². The minimum absolute atomic E-state index is 0.0349. The standard InChI is InChI=1S/C15H18ClNO3/c16-13-4-2-1-3-12(13)15(20)17-9-7-11(8-10-17)5-6-14(18)19/h1-4,11H,5-10H2,(H,18,19). The van der Waals surface area contributed by atoms with E-state index in [0.29, 0.717) is 36.0 Å². The Kier molecular flexibility index (Phi) is 5.01. The molecule has 1 fully saturated rings. The highest BCUT2D eigenvalue weighted by molar-refractivity contribution is 6.33. The van der Waals surface area contributed by atoms with Gasteiger partial charge >= 0.3 is 5.97 Å². The number of hydrogen-bond donors (Lipinski definition) is 1. The molecule has 2 rings (SSSR count). The molecule has 0 spiro atoms. The Bertz CT molecular complexity index is 496. The summed E-state index contributed by atoms with van der Waals surface area (Å²) in [6, 6.07) is 7.06. The summed E-state index contributed by atoms with van der Waals surface area (Å²) in [6.07, 6.45) is 2.64. The molecule has 5 heteroatoms. The molecule has 0 saturated carbocycles. The van der Waals surface area contributed by atoms with E-state index in [2.05, 4.69) is 0 Å². The number of carboxylic acids is 1. The summed E-state index contributed by atoms with van der Waals surface area (Å²) in [6.45, 7) is 1.35. The second-order valence-electron chi connectivity index (χ2n) is 5.15. The molecule has 1 aliphatic heterocycles. The average molecular weight is 296 g/mol. The molecule has 4 nitrogen and oxygen atoms in total. The van der Waals surface area contributed by atoms with Gasteiger partial charge in [-0.15, -0.1) is 0 Å². The zero-order valence-electron chi connectivity index (χ0n) is 11.2. The third kappa shape index (κ3) is 3.73. The van der Waals surface area contributed by atoms with Crippen molar-refractivity contribution >= 4 is 23.5 Å². The Balaban J connectivity index is 1.89. The molecule has 1 saturated heterocycles. The van der Waals surface area contributed by atoms with Gasteiger partial charge in [-0.1, -0.05) is 23.7 Å². The van der Waals surface area contributed by atoms with Gasteiger partial charge in [0.2, 0.25) is 0 Å². The Morgan fingerprint density at radius 2 is 1.90 bits per heavy atom. The average Bonchev–Trinajstić information content (AvgIpc) is 2.45. The van der Waals surface area contributed by atoms with Crippen molar-refractivity contribution in [3.8, 4) is 0 Å². The van der Waals surface area contributed by atoms with Crippen molar-refractivity contribution in [1.82, 2.24) is 4.90 Å². The number of likely N-dealkylation sites (tertiary alicyclic amines) is 1. The fraction of sp³-hybridized carbons (Fsp3) is 0.467. The highest BCUT2D eigenvalue weighted by atomic mass is 35.5. The Morgan fingerprint density at radius 1 is 1.25 bits per heavy atom. The van der Waals surface area contributed by atoms with Crippen molar-refractivity contribution in [3.63, 3.8) is 0 Å². The molecule has 1 heterocycles. The number of carboxylic acid groups (broad SMARTS) is 1. The summed E-state index contributed by atoms with van der Waals surface area (Å²) in [7, 11) is 0. The fourth-order valence-corrected chi connectivity index (χ4v) is 2.77. The Morgan fingerprint density at radius 3 is 2.50 bits per heavy atom. The molecular weight excluding hydrogens is 278 g/mol. The molecule has 0 aliphatic carbocycles. The van der Waals surface area contributed by atoms with Gasteiger partial charge in [-0.05, 0) is 37.3 Å². The SMILES string of the molecule is O=C(O)CCC1CCN(C(=O)c2ccccc2Cl)CC1. The van der Waals surface area contributed by atoms with E-state index in [4.69, 9.17) is 16.7 Å². The highest BCUT2D eigenvalue weighted by Crippen LogP contribution is 2.24. The first kappa shape index (κ1) is 14.9. The third-order valence-corrected chi connectivity index (χ3v) is 4.10. The second-order valence-corrected chi connectivity index (χ2v) is 5.56. The van der Waals surface area contributed by atoms with Crippen molar-refractivity contribution in [2.45, 2.75) is 25.7 Å². The summed E-state index contributed by atoms with van der Waals surface area (Å²) in [5.41, 5.74) is 0.540. The maximum atomic E-state index is 12.3. The molecule has 1 N–H and O–H groups in total. The molecule has 0 aromatic heterocycles. The molecular formula is C15H18ClNO3. The highest BCUT2D eigenvalue weighted by Gasteiger charge is 2.24. The molecule has 20 heavy (non-hydrogen) atoms. The molecule has 1 aromatic rings. The van der Waals surface area contributed by atoms with E-state index in [1.54, 1.807) is 29.2 Å². The van der Waals surface area contributed by atoms with E-state index >= 15 is 0 Å². The lowest BCUT2D eigenvalue weighted by atomic mass is 9.92. The lowest BCUT2D eigenvalue weighted by Crippen LogP contribution is -2.38. The normalized spacial score (nSPS) is 16.1. The molecule has 1 amide bonds. The first-order valence-corrected chi connectivity index (χ1v) is 7.21. The van der Waals surface area contributed by atoms with E-state index in [-0.39, 0.29) is 12.3 Å². The van der Waals surface area contributed by atoms with Crippen molar-refractivity contribution in [2.24, 2.45) is 5.92 Å². The Labute approximate surface area is 123 Å². The van der Waals surface area contributed by atoms with Crippen LogP contribution in [0.25, 0.3) is 0 Å². The largest absolute Gasteiger partial charge is 0.481 e. The van der Waals surface area contributed by atoms with E-state index in [1.807, 2.05) is 0 Å². The number of carbonyl (C=O) groups is 2. The number of benzene rings is 1. The van der Waals surface area contributed by atoms with Crippen molar-refractivity contribution in [1.29, 1.82) is 0 Å². The third-order valence-electron chi connectivity index (χ3n) is 3.77. The summed E-state index contributed by atoms with van der Waals surface area (Å²) in [5, 5.41) is 9.16. The van der Waals surface area contributed by atoms with Crippen LogP contribution in [0.1, 0.15) is 36.0 Å². The minimum atomic E-state index is -0.750. The zero-order valence-corrected chi connectivity index (χ0v) is 12.0. The number of hydrogen-bond acceptors (Lipinski definition) is 2. The topological polar surface area (TPSA) is 57.6 Å². The maximum absolute atomic E-state index is 12.3. The summed E-state index contributed by atoms with van der Waals surface area (Å²) in [4.78, 5) is 24.7. The van der Waals surface area contributed by atoms with Gasteiger partial charge in [0.1, 0.15) is 0 Å². The van der Waals surface area contributed by atoms with Crippen LogP contribution in [0.15, 0.2) is 24.3 Å². The van der Waals surface area contributed by atoms with E-state index in [1.165, 1.54) is 0 Å². The van der Waals surface area contributed by atoms with E-state index in [0.717, 1.165) is 12.8 Å². The number of piperidine rings is 1. The van der Waals surface area contributed by atoms with E-state index < -0.39 is 5.97 Å². The summed E-state index contributed by atoms with van der Waals surface area (Å²) >= 11 is 6.04. The van der Waals surface area contributed by atoms with Gasteiger partial charge in [-0.2, -0.15) is 0 Å². The first-order chi connectivity index (χ1) is 9.58. The lowest BCUT2D eigenvalue weighted by Gasteiger charge is -2.32. The Hall–Kier alpha value is -1.55. The van der Waals surface area contributed by atoms with Crippen LogP contribution in [0, 0.1) is 5.92 Å². The molecule has 0 bridgehead atoms. The number of carbonyl (C=O) groups excluding carboxylic acids is 1.